The molecule has 0 aliphatic heterocycles. The average molecular weight is 472 g/mol. The molecule has 0 aliphatic rings. The molecule has 31 heavy (non-hydrogen) atoms. The van der Waals surface area contributed by atoms with Crippen LogP contribution in [0, 0.1) is 6.92 Å². The molecule has 0 saturated heterocycles. The zero-order valence-corrected chi connectivity index (χ0v) is 18.9. The monoisotopic (exact) mass is 471 g/mol. The van der Waals surface area contributed by atoms with Crippen molar-refractivity contribution in [3.8, 4) is 5.69 Å². The van der Waals surface area contributed by atoms with Crippen molar-refractivity contribution in [2.24, 2.45) is 0 Å². The van der Waals surface area contributed by atoms with Gasteiger partial charge in [-0.1, -0.05) is 41.4 Å². The van der Waals surface area contributed by atoms with E-state index in [-0.39, 0.29) is 16.2 Å². The fourth-order valence-electron chi connectivity index (χ4n) is 3.37. The van der Waals surface area contributed by atoms with Crippen LogP contribution in [0.2, 0.25) is 4.34 Å². The van der Waals surface area contributed by atoms with E-state index in [1.54, 1.807) is 35.0 Å². The molecule has 4 aromatic rings. The number of aromatic nitrogens is 1. The normalized spacial score (nSPS) is 11.7. The number of nitrogens with zero attached hydrogens (tertiary/aromatic N) is 1. The summed E-state index contributed by atoms with van der Waals surface area (Å²) in [5.41, 5.74) is 2.31. The Morgan fingerprint density at radius 2 is 1.77 bits per heavy atom. The van der Waals surface area contributed by atoms with Crippen LogP contribution in [0.3, 0.4) is 0 Å². The number of halogens is 1. The van der Waals surface area contributed by atoms with E-state index in [0.29, 0.717) is 21.0 Å². The van der Waals surface area contributed by atoms with Crippen LogP contribution in [0.25, 0.3) is 16.5 Å². The molecule has 2 heterocycles. The summed E-state index contributed by atoms with van der Waals surface area (Å²) in [7, 11) is -3.70. The standard InChI is InChI=1S/C23H18ClNO4S2/c1-15-2-7-20-17(12-15)10-11-25(23(20)27)18-5-3-16(4-6-18)13-19(26)14-31(28,29)22-9-8-21(24)30-22/h2-12H,13-14H2,1H3. The average Bonchev–Trinajstić information content (AvgIpc) is 3.16. The van der Waals surface area contributed by atoms with Crippen molar-refractivity contribution in [1.82, 2.24) is 4.57 Å². The van der Waals surface area contributed by atoms with Crippen LogP contribution < -0.4 is 5.56 Å². The van der Waals surface area contributed by atoms with Crippen molar-refractivity contribution in [1.29, 1.82) is 0 Å². The van der Waals surface area contributed by atoms with E-state index < -0.39 is 21.4 Å². The van der Waals surface area contributed by atoms with Gasteiger partial charge in [0, 0.05) is 23.7 Å². The number of aryl methyl sites for hydroxylation is 1. The lowest BCUT2D eigenvalue weighted by molar-refractivity contribution is -0.116. The Balaban J connectivity index is 1.52. The molecule has 158 valence electrons. The molecule has 8 heteroatoms. The first-order valence-corrected chi connectivity index (χ1v) is 12.3. The van der Waals surface area contributed by atoms with Crippen molar-refractivity contribution >= 4 is 49.3 Å². The Morgan fingerprint density at radius 1 is 1.03 bits per heavy atom. The van der Waals surface area contributed by atoms with Crippen LogP contribution in [0.15, 0.2) is 75.9 Å². The SMILES string of the molecule is Cc1ccc2c(=O)n(-c3ccc(CC(=O)CS(=O)(=O)c4ccc(Cl)s4)cc3)ccc2c1. The molecule has 0 fully saturated rings. The zero-order chi connectivity index (χ0) is 22.2. The highest BCUT2D eigenvalue weighted by atomic mass is 35.5. The van der Waals surface area contributed by atoms with Crippen LogP contribution in [-0.2, 0) is 21.1 Å². The van der Waals surface area contributed by atoms with E-state index in [4.69, 9.17) is 11.6 Å². The predicted molar refractivity (Wildman–Crippen MR) is 124 cm³/mol. The minimum absolute atomic E-state index is 0.00941. The second-order valence-corrected chi connectivity index (χ2v) is 11.2. The number of ketones is 1. The van der Waals surface area contributed by atoms with Gasteiger partial charge in [0.25, 0.3) is 5.56 Å². The Labute approximate surface area is 188 Å². The van der Waals surface area contributed by atoms with Crippen molar-refractivity contribution < 1.29 is 13.2 Å². The van der Waals surface area contributed by atoms with Crippen molar-refractivity contribution in [3.63, 3.8) is 0 Å². The second-order valence-electron chi connectivity index (χ2n) is 7.28. The van der Waals surface area contributed by atoms with E-state index in [9.17, 15) is 18.0 Å². The fourth-order valence-corrected chi connectivity index (χ4v) is 6.18. The summed E-state index contributed by atoms with van der Waals surface area (Å²) in [6, 6.07) is 17.4. The van der Waals surface area contributed by atoms with Gasteiger partial charge in [-0.25, -0.2) is 8.42 Å². The molecule has 2 aromatic carbocycles. The van der Waals surface area contributed by atoms with Gasteiger partial charge in [-0.3, -0.25) is 14.2 Å². The summed E-state index contributed by atoms with van der Waals surface area (Å²) < 4.78 is 26.7. The number of pyridine rings is 1. The Bertz CT molecular complexity index is 1450. The summed E-state index contributed by atoms with van der Waals surface area (Å²) >= 11 is 6.73. The molecule has 0 saturated carbocycles. The lowest BCUT2D eigenvalue weighted by Gasteiger charge is -2.09. The van der Waals surface area contributed by atoms with Crippen LogP contribution in [0.5, 0.6) is 0 Å². The molecule has 5 nitrogen and oxygen atoms in total. The lowest BCUT2D eigenvalue weighted by Crippen LogP contribution is -2.18. The Kier molecular flexibility index (Phi) is 5.83. The predicted octanol–water partition coefficient (Wildman–Crippen LogP) is 4.60. The molecule has 0 bridgehead atoms. The fraction of sp³-hybridized carbons (Fsp3) is 0.130. The third-order valence-corrected chi connectivity index (χ3v) is 8.37. The number of benzene rings is 2. The van der Waals surface area contributed by atoms with Gasteiger partial charge in [-0.15, -0.1) is 11.3 Å². The smallest absolute Gasteiger partial charge is 0.262 e. The Morgan fingerprint density at radius 3 is 2.45 bits per heavy atom. The number of hydrogen-bond acceptors (Lipinski definition) is 5. The van der Waals surface area contributed by atoms with Gasteiger partial charge >= 0.3 is 0 Å². The molecule has 0 radical (unpaired) electrons. The van der Waals surface area contributed by atoms with Crippen LogP contribution in [0.4, 0.5) is 0 Å². The number of thiophene rings is 1. The highest BCUT2D eigenvalue weighted by molar-refractivity contribution is 7.94. The Hall–Kier alpha value is -2.74. The van der Waals surface area contributed by atoms with Gasteiger partial charge in [-0.05, 0) is 54.3 Å². The number of rotatable bonds is 6. The lowest BCUT2D eigenvalue weighted by atomic mass is 10.1. The molecule has 2 aromatic heterocycles. The summed E-state index contributed by atoms with van der Waals surface area (Å²) in [6.45, 7) is 1.98. The van der Waals surface area contributed by atoms with Gasteiger partial charge in [0.15, 0.2) is 15.6 Å². The van der Waals surface area contributed by atoms with Crippen molar-refractivity contribution in [2.75, 3.05) is 5.75 Å². The van der Waals surface area contributed by atoms with Gasteiger partial charge in [-0.2, -0.15) is 0 Å². The topological polar surface area (TPSA) is 73.2 Å². The van der Waals surface area contributed by atoms with E-state index in [0.717, 1.165) is 22.3 Å². The maximum Gasteiger partial charge on any atom is 0.262 e. The molecule has 4 rings (SSSR count). The third-order valence-electron chi connectivity index (χ3n) is 4.88. The molecule has 0 unspecified atom stereocenters. The summed E-state index contributed by atoms with van der Waals surface area (Å²) in [5.74, 6) is -0.981. The minimum Gasteiger partial charge on any atom is -0.298 e. The largest absolute Gasteiger partial charge is 0.298 e. The van der Waals surface area contributed by atoms with Gasteiger partial charge in [0.2, 0.25) is 0 Å². The van der Waals surface area contributed by atoms with Crippen LogP contribution in [0.1, 0.15) is 11.1 Å². The van der Waals surface area contributed by atoms with Crippen LogP contribution in [-0.4, -0.2) is 24.5 Å². The van der Waals surface area contributed by atoms with Crippen molar-refractivity contribution in [3.05, 3.63) is 92.7 Å². The van der Waals surface area contributed by atoms with Crippen molar-refractivity contribution in [2.45, 2.75) is 17.6 Å². The molecule has 0 N–H and O–H groups in total. The summed E-state index contributed by atoms with van der Waals surface area (Å²) in [6.07, 6.45) is 1.72. The number of fused-ring (bicyclic) bond motifs is 1. The van der Waals surface area contributed by atoms with Crippen LogP contribution >= 0.6 is 22.9 Å². The highest BCUT2D eigenvalue weighted by Crippen LogP contribution is 2.26. The maximum absolute atomic E-state index is 12.8. The molecule has 0 spiro atoms. The summed E-state index contributed by atoms with van der Waals surface area (Å²) in [4.78, 5) is 25.2. The maximum atomic E-state index is 12.8. The number of hydrogen-bond donors (Lipinski definition) is 0. The van der Waals surface area contributed by atoms with Gasteiger partial charge in [0.05, 0.1) is 4.34 Å². The molecule has 0 atom stereocenters. The number of Topliss-reactive ketones (excluding diaryl/α,β-unsaturated/α-hetero) is 1. The first-order chi connectivity index (χ1) is 14.7. The molecular weight excluding hydrogens is 454 g/mol. The quantitative estimate of drug-likeness (QED) is 0.412. The van der Waals surface area contributed by atoms with E-state index >= 15 is 0 Å². The van der Waals surface area contributed by atoms with Gasteiger partial charge in [0.1, 0.15) is 9.96 Å². The number of carbonyl (C=O) groups is 1. The van der Waals surface area contributed by atoms with E-state index in [1.807, 2.05) is 31.2 Å². The van der Waals surface area contributed by atoms with E-state index in [2.05, 4.69) is 0 Å². The van der Waals surface area contributed by atoms with E-state index in [1.165, 1.54) is 12.1 Å². The number of carbonyl (C=O) groups excluding carboxylic acids is 1. The molecule has 0 amide bonds. The first-order valence-electron chi connectivity index (χ1n) is 9.44. The van der Waals surface area contributed by atoms with Gasteiger partial charge < -0.3 is 0 Å². The number of sulfone groups is 1. The molecular formula is C23H18ClNO4S2. The minimum atomic E-state index is -3.70. The summed E-state index contributed by atoms with van der Waals surface area (Å²) in [5, 5.41) is 1.52. The zero-order valence-electron chi connectivity index (χ0n) is 16.5. The second kappa shape index (κ2) is 8.42. The highest BCUT2D eigenvalue weighted by Gasteiger charge is 2.21. The molecule has 0 aliphatic carbocycles. The third kappa shape index (κ3) is 4.63. The first kappa shape index (κ1) is 21.5.